The number of methoxy groups -OCH3 is 1. The molecule has 0 aliphatic heterocycles. The van der Waals surface area contributed by atoms with Crippen molar-refractivity contribution in [3.8, 4) is 5.75 Å². The van der Waals surface area contributed by atoms with Gasteiger partial charge in [-0.25, -0.2) is 9.79 Å². The van der Waals surface area contributed by atoms with Gasteiger partial charge in [-0.2, -0.15) is 13.2 Å². The third-order valence-corrected chi connectivity index (χ3v) is 4.62. The van der Waals surface area contributed by atoms with Crippen LogP contribution in [-0.4, -0.2) is 37.9 Å². The number of alkyl halides is 3. The largest absolute Gasteiger partial charge is 0.496 e. The van der Waals surface area contributed by atoms with Crippen LogP contribution in [0.15, 0.2) is 35.3 Å². The molecule has 0 unspecified atom stereocenters. The molecule has 0 saturated heterocycles. The first kappa shape index (κ1) is 23.3. The van der Waals surface area contributed by atoms with Crippen molar-refractivity contribution in [3.63, 3.8) is 0 Å². The van der Waals surface area contributed by atoms with Crippen molar-refractivity contribution in [1.82, 2.24) is 4.90 Å². The first-order chi connectivity index (χ1) is 14.1. The third-order valence-electron chi connectivity index (χ3n) is 4.62. The first-order valence-electron chi connectivity index (χ1n) is 9.33. The molecule has 0 atom stereocenters. The van der Waals surface area contributed by atoms with Crippen molar-refractivity contribution in [1.29, 1.82) is 0 Å². The topological polar surface area (TPSA) is 51.1 Å². The lowest BCUT2D eigenvalue weighted by atomic mass is 10.0. The number of carbonyl (C=O) groups is 1. The smallest absolute Gasteiger partial charge is 0.416 e. The second-order valence-corrected chi connectivity index (χ2v) is 6.87. The summed E-state index contributed by atoms with van der Waals surface area (Å²) in [6.07, 6.45) is -2.79. The van der Waals surface area contributed by atoms with Crippen molar-refractivity contribution in [2.24, 2.45) is 4.99 Å². The van der Waals surface area contributed by atoms with Crippen LogP contribution in [-0.2, 0) is 17.5 Å². The molecule has 0 aliphatic carbocycles. The normalized spacial score (nSPS) is 11.6. The molecule has 5 nitrogen and oxygen atoms in total. The number of aliphatic imine (C=N–C) groups is 1. The summed E-state index contributed by atoms with van der Waals surface area (Å²) in [4.78, 5) is 18.9. The maximum Gasteiger partial charge on any atom is 0.416 e. The molecule has 0 fully saturated rings. The molecular weight excluding hydrogens is 397 g/mol. The molecule has 0 bridgehead atoms. The standard InChI is InChI=1S/C22H25F3N2O3/c1-6-27(4)13-26-19-10-14(2)18(9-15(19)3)21(28)30-12-16-11-17(22(23,24)25)7-8-20(16)29-5/h7-11,13H,6,12H2,1-5H3/b26-13+. The van der Waals surface area contributed by atoms with Gasteiger partial charge < -0.3 is 14.4 Å². The zero-order valence-corrected chi connectivity index (χ0v) is 17.6. The minimum absolute atomic E-state index is 0.138. The molecule has 0 heterocycles. The van der Waals surface area contributed by atoms with E-state index in [1.807, 2.05) is 25.8 Å². The van der Waals surface area contributed by atoms with Crippen LogP contribution in [0.1, 0.15) is 39.5 Å². The highest BCUT2D eigenvalue weighted by Crippen LogP contribution is 2.33. The van der Waals surface area contributed by atoms with E-state index in [-0.39, 0.29) is 17.9 Å². The van der Waals surface area contributed by atoms with Gasteiger partial charge in [0.25, 0.3) is 0 Å². The number of halogens is 3. The number of ether oxygens (including phenoxy) is 2. The molecule has 0 spiro atoms. The molecule has 162 valence electrons. The van der Waals surface area contributed by atoms with E-state index in [1.165, 1.54) is 13.2 Å². The molecule has 0 aliphatic rings. The van der Waals surface area contributed by atoms with Gasteiger partial charge >= 0.3 is 12.1 Å². The minimum Gasteiger partial charge on any atom is -0.496 e. The number of nitrogens with zero attached hydrogens (tertiary/aromatic N) is 2. The maximum absolute atomic E-state index is 13.0. The molecule has 0 radical (unpaired) electrons. The molecule has 0 aromatic heterocycles. The van der Waals surface area contributed by atoms with Crippen LogP contribution in [0, 0.1) is 13.8 Å². The SMILES string of the molecule is CCN(C)/C=N/c1cc(C)c(C(=O)OCc2cc(C(F)(F)F)ccc2OC)cc1C. The Morgan fingerprint density at radius 1 is 1.17 bits per heavy atom. The van der Waals surface area contributed by atoms with Gasteiger partial charge in [0.15, 0.2) is 0 Å². The molecule has 2 aromatic carbocycles. The summed E-state index contributed by atoms with van der Waals surface area (Å²) in [5, 5.41) is 0. The lowest BCUT2D eigenvalue weighted by Crippen LogP contribution is -2.14. The highest BCUT2D eigenvalue weighted by Gasteiger charge is 2.31. The van der Waals surface area contributed by atoms with Gasteiger partial charge in [0.1, 0.15) is 12.4 Å². The van der Waals surface area contributed by atoms with Gasteiger partial charge in [-0.05, 0) is 62.2 Å². The molecule has 0 amide bonds. The Kier molecular flexibility index (Phi) is 7.48. The zero-order chi connectivity index (χ0) is 22.5. The van der Waals surface area contributed by atoms with E-state index in [0.29, 0.717) is 11.1 Å². The van der Waals surface area contributed by atoms with Crippen LogP contribution in [0.2, 0.25) is 0 Å². The fourth-order valence-electron chi connectivity index (χ4n) is 2.69. The Labute approximate surface area is 174 Å². The van der Waals surface area contributed by atoms with Crippen molar-refractivity contribution < 1.29 is 27.4 Å². The lowest BCUT2D eigenvalue weighted by Gasteiger charge is -2.14. The van der Waals surface area contributed by atoms with Gasteiger partial charge in [-0.1, -0.05) is 0 Å². The maximum atomic E-state index is 13.0. The summed E-state index contributed by atoms with van der Waals surface area (Å²) in [5.41, 5.74) is 1.81. The van der Waals surface area contributed by atoms with E-state index in [0.717, 1.165) is 29.9 Å². The fraction of sp³-hybridized carbons (Fsp3) is 0.364. The molecule has 2 rings (SSSR count). The summed E-state index contributed by atoms with van der Waals surface area (Å²) in [7, 11) is 3.25. The predicted octanol–water partition coefficient (Wildman–Crippen LogP) is 5.30. The second-order valence-electron chi connectivity index (χ2n) is 6.87. The van der Waals surface area contributed by atoms with Crippen molar-refractivity contribution in [3.05, 3.63) is 58.1 Å². The van der Waals surface area contributed by atoms with Crippen LogP contribution < -0.4 is 4.74 Å². The Balaban J connectivity index is 2.21. The number of hydrogen-bond donors (Lipinski definition) is 0. The number of esters is 1. The Bertz CT molecular complexity index is 940. The second kappa shape index (κ2) is 9.65. The van der Waals surface area contributed by atoms with E-state index >= 15 is 0 Å². The van der Waals surface area contributed by atoms with Crippen LogP contribution in [0.3, 0.4) is 0 Å². The molecular formula is C22H25F3N2O3. The van der Waals surface area contributed by atoms with E-state index in [4.69, 9.17) is 9.47 Å². The third kappa shape index (κ3) is 5.75. The van der Waals surface area contributed by atoms with Gasteiger partial charge in [-0.15, -0.1) is 0 Å². The van der Waals surface area contributed by atoms with Crippen molar-refractivity contribution in [2.75, 3.05) is 20.7 Å². The summed E-state index contributed by atoms with van der Waals surface area (Å²) in [6.45, 7) is 6.05. The number of hydrogen-bond acceptors (Lipinski definition) is 4. The molecule has 30 heavy (non-hydrogen) atoms. The van der Waals surface area contributed by atoms with E-state index in [2.05, 4.69) is 4.99 Å². The van der Waals surface area contributed by atoms with Gasteiger partial charge in [-0.3, -0.25) is 0 Å². The van der Waals surface area contributed by atoms with Gasteiger partial charge in [0, 0.05) is 19.2 Å². The highest BCUT2D eigenvalue weighted by atomic mass is 19.4. The summed E-state index contributed by atoms with van der Waals surface area (Å²) < 4.78 is 49.3. The zero-order valence-electron chi connectivity index (χ0n) is 17.6. The minimum atomic E-state index is -4.50. The fourth-order valence-corrected chi connectivity index (χ4v) is 2.69. The molecule has 8 heteroatoms. The van der Waals surface area contributed by atoms with Gasteiger partial charge in [0.2, 0.25) is 0 Å². The van der Waals surface area contributed by atoms with E-state index in [1.54, 1.807) is 25.4 Å². The van der Waals surface area contributed by atoms with Crippen LogP contribution in [0.25, 0.3) is 0 Å². The summed E-state index contributed by atoms with van der Waals surface area (Å²) in [5.74, 6) is -0.412. The van der Waals surface area contributed by atoms with Crippen LogP contribution in [0.4, 0.5) is 18.9 Å². The Hall–Kier alpha value is -3.03. The Morgan fingerprint density at radius 3 is 2.47 bits per heavy atom. The van der Waals surface area contributed by atoms with Gasteiger partial charge in [0.05, 0.1) is 30.3 Å². The van der Waals surface area contributed by atoms with Crippen LogP contribution in [0.5, 0.6) is 5.75 Å². The summed E-state index contributed by atoms with van der Waals surface area (Å²) >= 11 is 0. The van der Waals surface area contributed by atoms with E-state index in [9.17, 15) is 18.0 Å². The Morgan fingerprint density at radius 2 is 1.87 bits per heavy atom. The predicted molar refractivity (Wildman–Crippen MR) is 109 cm³/mol. The lowest BCUT2D eigenvalue weighted by molar-refractivity contribution is -0.137. The summed E-state index contributed by atoms with van der Waals surface area (Å²) in [6, 6.07) is 6.50. The number of aryl methyl sites for hydroxylation is 2. The van der Waals surface area contributed by atoms with Crippen LogP contribution >= 0.6 is 0 Å². The van der Waals surface area contributed by atoms with E-state index < -0.39 is 17.7 Å². The quantitative estimate of drug-likeness (QED) is 0.345. The number of benzene rings is 2. The van der Waals surface area contributed by atoms with Crippen molar-refractivity contribution in [2.45, 2.75) is 33.6 Å². The van der Waals surface area contributed by atoms with Crippen molar-refractivity contribution >= 4 is 18.0 Å². The monoisotopic (exact) mass is 422 g/mol. The first-order valence-corrected chi connectivity index (χ1v) is 9.33. The molecule has 2 aromatic rings. The molecule has 0 saturated carbocycles. The molecule has 0 N–H and O–H groups in total. The highest BCUT2D eigenvalue weighted by molar-refractivity contribution is 5.92. The average molecular weight is 422 g/mol. The average Bonchev–Trinajstić information content (AvgIpc) is 2.70. The number of rotatable bonds is 7. The number of carbonyl (C=O) groups excluding carboxylic acids is 1.